The summed E-state index contributed by atoms with van der Waals surface area (Å²) in [5.74, 6) is -5.79. The van der Waals surface area contributed by atoms with Crippen LogP contribution in [-0.2, 0) is 145 Å². The molecule has 0 aliphatic carbocycles. The highest BCUT2D eigenvalue weighted by atomic mass is 35.5. The van der Waals surface area contributed by atoms with Crippen molar-refractivity contribution in [3.63, 3.8) is 0 Å². The summed E-state index contributed by atoms with van der Waals surface area (Å²) < 4.78 is 91.6. The van der Waals surface area contributed by atoms with Crippen molar-refractivity contribution < 1.29 is 134 Å². The highest BCUT2D eigenvalue weighted by Crippen LogP contribution is 2.34. The lowest BCUT2D eigenvalue weighted by Gasteiger charge is -2.36. The largest absolute Gasteiger partial charge is 0.469 e. The quantitative estimate of drug-likeness (QED) is 0.00778. The Kier molecular flexibility index (Phi) is 64.8. The van der Waals surface area contributed by atoms with Gasteiger partial charge in [0.05, 0.1) is 220 Å². The molecule has 4 aromatic carbocycles. The van der Waals surface area contributed by atoms with Crippen molar-refractivity contribution in [2.75, 3.05) is 200 Å². The average molecular weight is 2080 g/mol. The van der Waals surface area contributed by atoms with E-state index >= 15 is 0 Å². The number of pyridine rings is 2. The van der Waals surface area contributed by atoms with Gasteiger partial charge in [-0.15, -0.1) is 0 Å². The summed E-state index contributed by atoms with van der Waals surface area (Å²) in [5.41, 5.74) is 10.2. The number of hydrogen-bond donors (Lipinski definition) is 5. The number of halogens is 1. The van der Waals surface area contributed by atoms with Crippen molar-refractivity contribution in [2.45, 2.75) is 186 Å². The Balaban J connectivity index is 0.000000586. The van der Waals surface area contributed by atoms with E-state index in [2.05, 4.69) is 31.5 Å². The molecule has 0 unspecified atom stereocenters. The van der Waals surface area contributed by atoms with Crippen LogP contribution in [0.25, 0.3) is 22.5 Å². The number of ketones is 2. The van der Waals surface area contributed by atoms with Gasteiger partial charge >= 0.3 is 30.1 Å². The van der Waals surface area contributed by atoms with Crippen LogP contribution < -0.4 is 21.5 Å². The number of Topliss-reactive ketones (excluding diaryl/α,β-unsaturated/α-hetero) is 2. The van der Waals surface area contributed by atoms with Crippen LogP contribution in [0.4, 0.5) is 9.59 Å². The summed E-state index contributed by atoms with van der Waals surface area (Å²) in [4.78, 5) is 141. The minimum atomic E-state index is -1.14. The van der Waals surface area contributed by atoms with Crippen molar-refractivity contribution in [2.24, 2.45) is 45.3 Å². The highest BCUT2D eigenvalue weighted by Gasteiger charge is 2.42. The van der Waals surface area contributed by atoms with Crippen LogP contribution in [0, 0.1) is 45.3 Å². The molecular formula is C110H165ClN8O28. The monoisotopic (exact) mass is 2080 g/mol. The van der Waals surface area contributed by atoms with E-state index in [9.17, 15) is 53.1 Å². The molecule has 5 N–H and O–H groups in total. The lowest BCUT2D eigenvalue weighted by atomic mass is 9.78. The van der Waals surface area contributed by atoms with Gasteiger partial charge in [-0.3, -0.25) is 59.2 Å². The van der Waals surface area contributed by atoms with Gasteiger partial charge in [-0.1, -0.05) is 218 Å². The maximum Gasteiger partial charge on any atom is 0.407 e. The number of ether oxygens (including phenoxy) is 17. The number of nitrogens with zero attached hydrogens (tertiary/aromatic N) is 4. The Morgan fingerprint density at radius 3 is 0.952 bits per heavy atom. The lowest BCUT2D eigenvalue weighted by molar-refractivity contribution is -0.156. The van der Waals surface area contributed by atoms with E-state index in [0.29, 0.717) is 138 Å². The summed E-state index contributed by atoms with van der Waals surface area (Å²) in [7, 11) is 5.81. The van der Waals surface area contributed by atoms with Gasteiger partial charge < -0.3 is 96.3 Å². The molecule has 37 heteroatoms. The van der Waals surface area contributed by atoms with Crippen LogP contribution in [0.5, 0.6) is 0 Å². The Morgan fingerprint density at radius 2 is 0.660 bits per heavy atom. The molecule has 0 spiro atoms. The number of hydrogen-bond acceptors (Lipinski definition) is 32. The third-order valence-electron chi connectivity index (χ3n) is 23.0. The van der Waals surface area contributed by atoms with E-state index in [1.165, 1.54) is 14.2 Å². The van der Waals surface area contributed by atoms with Gasteiger partial charge in [0.2, 0.25) is 17.1 Å². The summed E-state index contributed by atoms with van der Waals surface area (Å²) in [6.45, 7) is 34.8. The number of aromatic nitrogens is 2. The highest BCUT2D eigenvalue weighted by molar-refractivity contribution is 6.63. The Hall–Kier alpha value is -10.2. The molecule has 2 heterocycles. The molecule has 147 heavy (non-hydrogen) atoms. The number of esters is 3. The van der Waals surface area contributed by atoms with Gasteiger partial charge in [-0.05, 0) is 98.5 Å². The van der Waals surface area contributed by atoms with Gasteiger partial charge in [0.1, 0.15) is 19.3 Å². The van der Waals surface area contributed by atoms with Crippen LogP contribution in [0.15, 0.2) is 158 Å². The van der Waals surface area contributed by atoms with Crippen LogP contribution in [0.2, 0.25) is 0 Å². The van der Waals surface area contributed by atoms with Gasteiger partial charge in [0.25, 0.3) is 0 Å². The standard InChI is InChI=1S/C55H82N4O14.C52H78N4O13.C3H5ClO/c1-10-49(61)73-48(40-59(58-52(63)45(54(2,3)4)38-50(62)66-9)39-42-19-21-43(22-20-42)46-18-14-15-23-56-46)44(36-41-16-12-11-13-17-41)37-47(60)51(55(5,6)7)57-53(64)72-35-34-71-33-32-70-31-30-69-29-28-68-27-26-67-25-24-65-8;1-51(2,3)43(36-47(59)63-8)49(60)55-56(37-40-17-19-41(20-18-40)44-16-12-13-21-53-44)38-46(58)42(34-39-14-10-9-11-15-39)35-45(57)48(52(4,5)6)54-50(61)69-33-32-68-31-30-67-29-28-66-27-26-65-25-24-64-23-22-62-7;1-2-3(4)5/h11-23,44-45,48,51H,10,24-40H2,1-9H3,(H,57,64)(H,58,63);9-21,42-43,46,48,58H,22-38H2,1-8H3,(H,54,61)(H,55,60);2H2,1H3/t44-,45-,48+,51-;42-,43-,46+,48-;/m11./s1. The Labute approximate surface area is 874 Å². The van der Waals surface area contributed by atoms with E-state index in [0.717, 1.165) is 44.8 Å². The first-order chi connectivity index (χ1) is 70.2. The maximum atomic E-state index is 14.7. The molecule has 820 valence electrons. The zero-order valence-corrected chi connectivity index (χ0v) is 90.5. The van der Waals surface area contributed by atoms with Crippen LogP contribution in [0.3, 0.4) is 0 Å². The molecule has 4 amide bonds. The predicted molar refractivity (Wildman–Crippen MR) is 557 cm³/mol. The second-order valence-electron chi connectivity index (χ2n) is 39.1. The second-order valence-corrected chi connectivity index (χ2v) is 39.5. The third-order valence-corrected chi connectivity index (χ3v) is 23.3. The Bertz CT molecular complexity index is 4630. The minimum Gasteiger partial charge on any atom is -0.469 e. The zero-order valence-electron chi connectivity index (χ0n) is 89.7. The van der Waals surface area contributed by atoms with E-state index in [1.54, 1.807) is 50.5 Å². The van der Waals surface area contributed by atoms with Gasteiger partial charge in [-0.2, -0.15) is 0 Å². The maximum absolute atomic E-state index is 14.7. The summed E-state index contributed by atoms with van der Waals surface area (Å²) >= 11 is 4.82. The minimum absolute atomic E-state index is 0.0314. The van der Waals surface area contributed by atoms with Crippen LogP contribution in [0.1, 0.15) is 158 Å². The first kappa shape index (κ1) is 129. The van der Waals surface area contributed by atoms with E-state index < -0.39 is 112 Å². The van der Waals surface area contributed by atoms with E-state index in [1.807, 2.05) is 229 Å². The molecule has 6 rings (SSSR count). The number of methoxy groups -OCH3 is 4. The Morgan fingerprint density at radius 1 is 0.354 bits per heavy atom. The van der Waals surface area contributed by atoms with E-state index in [4.69, 9.17) is 92.1 Å². The molecule has 2 aromatic heterocycles. The summed E-state index contributed by atoms with van der Waals surface area (Å²) in [5, 5.41) is 20.8. The molecular weight excluding hydrogens is 1920 g/mol. The average Bonchev–Trinajstić information content (AvgIpc) is 0.844. The lowest BCUT2D eigenvalue weighted by Crippen LogP contribution is -2.53. The van der Waals surface area contributed by atoms with Crippen molar-refractivity contribution in [3.05, 3.63) is 180 Å². The topological polar surface area (TPSA) is 428 Å². The number of amides is 4. The number of alkyl carbamates (subject to hydrolysis) is 2. The molecule has 0 aliphatic heterocycles. The number of carbonyl (C=O) groups excluding carboxylic acids is 10. The molecule has 0 aliphatic rings. The molecule has 0 bridgehead atoms. The summed E-state index contributed by atoms with van der Waals surface area (Å²) in [6.07, 6.45) is 0.439. The fourth-order valence-corrected chi connectivity index (χ4v) is 14.8. The molecule has 0 radical (unpaired) electrons. The zero-order chi connectivity index (χ0) is 108. The van der Waals surface area contributed by atoms with Crippen LogP contribution >= 0.6 is 11.6 Å². The molecule has 36 nitrogen and oxygen atoms in total. The van der Waals surface area contributed by atoms with Crippen molar-refractivity contribution >= 4 is 70.3 Å². The molecule has 6 aromatic rings. The number of aliphatic hydroxyl groups excluding tert-OH is 1. The SMILES string of the molecule is CCC(=O)Cl.CCC(=O)O[C@@H](CN(Cc1ccc(-c2ccccn2)cc1)NC(=O)[C@@H](CC(=O)OC)C(C)(C)C)[C@@H](CC(=O)[C@@H](NC(=O)OCCOCCOCCOCCOCCOCCOC)C(C)(C)C)Cc1ccccc1.COCCOCCOCCOCCOCCOCCOC(=O)N[C@H](C(=O)C[C@@H](Cc1ccccc1)[C@@H](O)CN(Cc1ccc(-c2ccccn2)cc1)NC(=O)[C@@H](CC(=O)OC)C(C)(C)C)C(C)(C)C. The predicted octanol–water partition coefficient (Wildman–Crippen LogP) is 13.8. The number of carbonyl (C=O) groups is 10. The van der Waals surface area contributed by atoms with Crippen LogP contribution in [-0.4, -0.2) is 308 Å². The molecule has 0 saturated heterocycles. The van der Waals surface area contributed by atoms with Gasteiger partial charge in [0.15, 0.2) is 11.6 Å². The molecule has 0 saturated carbocycles. The van der Waals surface area contributed by atoms with Crippen molar-refractivity contribution in [3.8, 4) is 22.5 Å². The van der Waals surface area contributed by atoms with Crippen molar-refractivity contribution in [1.82, 2.24) is 41.5 Å². The smallest absolute Gasteiger partial charge is 0.407 e. The first-order valence-corrected chi connectivity index (χ1v) is 50.7. The fourth-order valence-electron chi connectivity index (χ4n) is 14.8. The van der Waals surface area contributed by atoms with Crippen molar-refractivity contribution in [1.29, 1.82) is 0 Å². The van der Waals surface area contributed by atoms with Gasteiger partial charge in [-0.25, -0.2) is 19.6 Å². The number of rotatable bonds is 71. The first-order valence-electron chi connectivity index (χ1n) is 50.3. The molecule has 0 fully saturated rings. The molecule has 8 atom stereocenters. The van der Waals surface area contributed by atoms with Gasteiger partial charge in [0, 0.05) is 89.0 Å². The normalized spacial score (nSPS) is 13.3. The number of nitrogens with one attached hydrogen (secondary N) is 4. The number of hydrazine groups is 2. The third kappa shape index (κ3) is 57.4. The summed E-state index contributed by atoms with van der Waals surface area (Å²) in [6, 6.07) is 43.9. The number of benzene rings is 4. The van der Waals surface area contributed by atoms with E-state index in [-0.39, 0.29) is 115 Å². The fraction of sp³-hybridized carbons (Fsp3) is 0.600. The second kappa shape index (κ2) is 73.8. The number of aliphatic hydroxyl groups is 1.